The van der Waals surface area contributed by atoms with Gasteiger partial charge in [-0.05, 0) is 43.5 Å². The lowest BCUT2D eigenvalue weighted by atomic mass is 10.1. The van der Waals surface area contributed by atoms with Crippen LogP contribution in [0.3, 0.4) is 0 Å². The minimum absolute atomic E-state index is 0.0303. The first-order valence-electron chi connectivity index (χ1n) is 10.8. The Hall–Kier alpha value is -2.47. The van der Waals surface area contributed by atoms with E-state index in [2.05, 4.69) is 12.2 Å². The van der Waals surface area contributed by atoms with Gasteiger partial charge in [0.25, 0.3) is 0 Å². The molecule has 0 aliphatic carbocycles. The molecule has 2 rings (SSSR count). The highest BCUT2D eigenvalue weighted by atomic mass is 32.2. The molecular weight excluding hydrogens is 408 g/mol. The summed E-state index contributed by atoms with van der Waals surface area (Å²) in [6.45, 7) is 6.99. The Morgan fingerprint density at radius 1 is 1.06 bits per heavy atom. The molecule has 0 spiro atoms. The zero-order valence-corrected chi connectivity index (χ0v) is 19.8. The second kappa shape index (κ2) is 13.1. The van der Waals surface area contributed by atoms with E-state index in [0.29, 0.717) is 18.8 Å². The van der Waals surface area contributed by atoms with Crippen LogP contribution in [0.15, 0.2) is 48.5 Å². The number of thioether (sulfide) groups is 1. The number of carbonyl (C=O) groups excluding carboxylic acids is 2. The monoisotopic (exact) mass is 442 g/mol. The lowest BCUT2D eigenvalue weighted by Crippen LogP contribution is -2.48. The molecule has 2 amide bonds. The van der Waals surface area contributed by atoms with E-state index < -0.39 is 6.04 Å². The second-order valence-electron chi connectivity index (χ2n) is 7.67. The molecule has 168 valence electrons. The largest absolute Gasteiger partial charge is 0.497 e. The van der Waals surface area contributed by atoms with E-state index in [4.69, 9.17) is 4.74 Å². The summed E-state index contributed by atoms with van der Waals surface area (Å²) in [4.78, 5) is 27.4. The summed E-state index contributed by atoms with van der Waals surface area (Å²) in [6.07, 6.45) is 1.95. The summed E-state index contributed by atoms with van der Waals surface area (Å²) < 4.78 is 5.19. The quantitative estimate of drug-likeness (QED) is 0.489. The molecular formula is C25H34N2O3S. The molecule has 0 aromatic heterocycles. The number of rotatable bonds is 12. The van der Waals surface area contributed by atoms with Crippen molar-refractivity contribution in [1.29, 1.82) is 0 Å². The maximum absolute atomic E-state index is 13.1. The van der Waals surface area contributed by atoms with Gasteiger partial charge in [0.1, 0.15) is 11.8 Å². The van der Waals surface area contributed by atoms with Crippen molar-refractivity contribution < 1.29 is 14.3 Å². The number of amides is 2. The van der Waals surface area contributed by atoms with E-state index >= 15 is 0 Å². The van der Waals surface area contributed by atoms with Crippen LogP contribution in [0.25, 0.3) is 0 Å². The van der Waals surface area contributed by atoms with Crippen LogP contribution in [-0.2, 0) is 21.9 Å². The maximum Gasteiger partial charge on any atom is 0.242 e. The van der Waals surface area contributed by atoms with Gasteiger partial charge in [0, 0.05) is 18.8 Å². The molecule has 0 saturated heterocycles. The number of ether oxygens (including phenoxy) is 1. The molecule has 1 unspecified atom stereocenters. The molecule has 2 aromatic rings. The van der Waals surface area contributed by atoms with Crippen molar-refractivity contribution >= 4 is 23.6 Å². The third-order valence-electron chi connectivity index (χ3n) is 5.12. The summed E-state index contributed by atoms with van der Waals surface area (Å²) in [6, 6.07) is 15.4. The maximum atomic E-state index is 13.1. The van der Waals surface area contributed by atoms with Crippen LogP contribution in [-0.4, -0.2) is 42.2 Å². The highest BCUT2D eigenvalue weighted by molar-refractivity contribution is 7.99. The van der Waals surface area contributed by atoms with Gasteiger partial charge in [-0.1, -0.05) is 55.3 Å². The zero-order chi connectivity index (χ0) is 22.6. The minimum atomic E-state index is -0.521. The fraction of sp³-hybridized carbons (Fsp3) is 0.440. The van der Waals surface area contributed by atoms with Crippen molar-refractivity contribution in [3.63, 3.8) is 0 Å². The third kappa shape index (κ3) is 8.29. The van der Waals surface area contributed by atoms with Crippen LogP contribution in [0.2, 0.25) is 0 Å². The van der Waals surface area contributed by atoms with Crippen LogP contribution < -0.4 is 10.1 Å². The van der Waals surface area contributed by atoms with E-state index in [9.17, 15) is 9.59 Å². The number of nitrogens with one attached hydrogen (secondary N) is 1. The SMILES string of the molecule is CCCCNC(=O)C(C)N(Cc1ccc(C)cc1)C(=O)CSCc1ccc(OC)cc1. The summed E-state index contributed by atoms with van der Waals surface area (Å²) in [5.74, 6) is 1.73. The van der Waals surface area contributed by atoms with Crippen LogP contribution in [0.1, 0.15) is 43.4 Å². The normalized spacial score (nSPS) is 11.6. The first-order chi connectivity index (χ1) is 14.9. The molecule has 31 heavy (non-hydrogen) atoms. The average molecular weight is 443 g/mol. The number of aryl methyl sites for hydroxylation is 1. The van der Waals surface area contributed by atoms with Crippen molar-refractivity contribution in [1.82, 2.24) is 10.2 Å². The molecule has 0 radical (unpaired) electrons. The Balaban J connectivity index is 2.01. The summed E-state index contributed by atoms with van der Waals surface area (Å²) in [5, 5.41) is 2.95. The lowest BCUT2D eigenvalue weighted by Gasteiger charge is -2.29. The second-order valence-corrected chi connectivity index (χ2v) is 8.65. The van der Waals surface area contributed by atoms with Crippen LogP contribution in [0.4, 0.5) is 0 Å². The Kier molecular flexibility index (Phi) is 10.4. The number of nitrogens with zero attached hydrogens (tertiary/aromatic N) is 1. The van der Waals surface area contributed by atoms with E-state index in [-0.39, 0.29) is 11.8 Å². The first kappa shape index (κ1) is 24.8. The molecule has 0 saturated carbocycles. The van der Waals surface area contributed by atoms with Gasteiger partial charge in [0.05, 0.1) is 12.9 Å². The first-order valence-corrected chi connectivity index (χ1v) is 11.9. The molecule has 2 aromatic carbocycles. The van der Waals surface area contributed by atoms with Gasteiger partial charge in [0.15, 0.2) is 0 Å². The Morgan fingerprint density at radius 3 is 2.32 bits per heavy atom. The lowest BCUT2D eigenvalue weighted by molar-refractivity contribution is -0.138. The van der Waals surface area contributed by atoms with Crippen molar-refractivity contribution in [2.45, 2.75) is 52.0 Å². The predicted molar refractivity (Wildman–Crippen MR) is 128 cm³/mol. The van der Waals surface area contributed by atoms with Gasteiger partial charge in [-0.15, -0.1) is 11.8 Å². The molecule has 1 N–H and O–H groups in total. The van der Waals surface area contributed by atoms with E-state index in [1.807, 2.05) is 62.4 Å². The molecule has 0 aliphatic rings. The standard InChI is InChI=1S/C25H34N2O3S/c1-5-6-15-26-25(29)20(3)27(16-21-9-7-19(2)8-10-21)24(28)18-31-17-22-11-13-23(30-4)14-12-22/h7-14,20H,5-6,15-18H2,1-4H3,(H,26,29). The topological polar surface area (TPSA) is 58.6 Å². The number of hydrogen-bond donors (Lipinski definition) is 1. The van der Waals surface area contributed by atoms with E-state index in [0.717, 1.165) is 35.5 Å². The number of hydrogen-bond acceptors (Lipinski definition) is 4. The van der Waals surface area contributed by atoms with Gasteiger partial charge in [-0.2, -0.15) is 0 Å². The molecule has 1 atom stereocenters. The fourth-order valence-corrected chi connectivity index (χ4v) is 3.94. The Bertz CT molecular complexity index is 822. The highest BCUT2D eigenvalue weighted by Gasteiger charge is 2.25. The number of benzene rings is 2. The average Bonchev–Trinajstić information content (AvgIpc) is 2.78. The number of carbonyl (C=O) groups is 2. The molecule has 0 aliphatic heterocycles. The predicted octanol–water partition coefficient (Wildman–Crippen LogP) is 4.57. The molecule has 0 heterocycles. The molecule has 6 heteroatoms. The van der Waals surface area contributed by atoms with Crippen LogP contribution >= 0.6 is 11.8 Å². The number of unbranched alkanes of at least 4 members (excludes halogenated alkanes) is 1. The summed E-state index contributed by atoms with van der Waals surface area (Å²) >= 11 is 1.56. The number of methoxy groups -OCH3 is 1. The van der Waals surface area contributed by atoms with Crippen LogP contribution in [0, 0.1) is 6.92 Å². The fourth-order valence-electron chi connectivity index (χ4n) is 3.07. The molecule has 0 fully saturated rings. The smallest absolute Gasteiger partial charge is 0.242 e. The third-order valence-corrected chi connectivity index (χ3v) is 6.11. The molecule has 0 bridgehead atoms. The van der Waals surface area contributed by atoms with E-state index in [1.54, 1.807) is 23.8 Å². The van der Waals surface area contributed by atoms with E-state index in [1.165, 1.54) is 5.56 Å². The summed E-state index contributed by atoms with van der Waals surface area (Å²) in [7, 11) is 1.64. The zero-order valence-electron chi connectivity index (χ0n) is 19.0. The molecule has 5 nitrogen and oxygen atoms in total. The highest BCUT2D eigenvalue weighted by Crippen LogP contribution is 2.18. The van der Waals surface area contributed by atoms with Crippen molar-refractivity contribution in [3.8, 4) is 5.75 Å². The summed E-state index contributed by atoms with van der Waals surface area (Å²) in [5.41, 5.74) is 3.32. The van der Waals surface area contributed by atoms with Gasteiger partial charge in [-0.25, -0.2) is 0 Å². The van der Waals surface area contributed by atoms with Gasteiger partial charge in [-0.3, -0.25) is 9.59 Å². The van der Waals surface area contributed by atoms with Gasteiger partial charge >= 0.3 is 0 Å². The van der Waals surface area contributed by atoms with Gasteiger partial charge < -0.3 is 15.0 Å². The van der Waals surface area contributed by atoms with Crippen LogP contribution in [0.5, 0.6) is 5.75 Å². The van der Waals surface area contributed by atoms with Crippen molar-refractivity contribution in [2.75, 3.05) is 19.4 Å². The van der Waals surface area contributed by atoms with Crippen molar-refractivity contribution in [3.05, 3.63) is 65.2 Å². The van der Waals surface area contributed by atoms with Gasteiger partial charge in [0.2, 0.25) is 11.8 Å². The Morgan fingerprint density at radius 2 is 1.71 bits per heavy atom. The van der Waals surface area contributed by atoms with Crippen molar-refractivity contribution in [2.24, 2.45) is 0 Å². The minimum Gasteiger partial charge on any atom is -0.497 e. The Labute approximate surface area is 190 Å².